The number of fused-ring (bicyclic) bond motifs is 2. The molecule has 1 heteroatoms. The van der Waals surface area contributed by atoms with Crippen LogP contribution in [-0.2, 0) is 0 Å². The molecule has 16 heavy (non-hydrogen) atoms. The molecule has 0 spiro atoms. The molecular weight excluding hydrogens is 194 g/mol. The predicted octanol–water partition coefficient (Wildman–Crippen LogP) is 3.43. The lowest BCUT2D eigenvalue weighted by Gasteiger charge is -2.28. The first-order valence-electron chi connectivity index (χ1n) is 6.57. The Balaban J connectivity index is 1.83. The summed E-state index contributed by atoms with van der Waals surface area (Å²) >= 11 is 0. The van der Waals surface area contributed by atoms with E-state index in [4.69, 9.17) is 5.73 Å². The molecule has 3 rings (SSSR count). The van der Waals surface area contributed by atoms with E-state index in [1.54, 1.807) is 0 Å². The smallest absolute Gasteiger partial charge is 0.0328 e. The topological polar surface area (TPSA) is 26.0 Å². The Morgan fingerprint density at radius 3 is 2.62 bits per heavy atom. The molecule has 0 radical (unpaired) electrons. The van der Waals surface area contributed by atoms with E-state index >= 15 is 0 Å². The Bertz CT molecular complexity index is 385. The Morgan fingerprint density at radius 2 is 2.00 bits per heavy atom. The van der Waals surface area contributed by atoms with Gasteiger partial charge < -0.3 is 5.73 Å². The first kappa shape index (κ1) is 10.3. The zero-order chi connectivity index (χ0) is 11.1. The van der Waals surface area contributed by atoms with Gasteiger partial charge in [-0.2, -0.15) is 0 Å². The standard InChI is InChI=1S/C15H21N/c1-10-4-2-3-5-13(10)15(16)14-9-11-6-7-12(14)8-11/h2-5,11-12,14-15H,6-9,16H2,1H3. The maximum Gasteiger partial charge on any atom is 0.0328 e. The highest BCUT2D eigenvalue weighted by molar-refractivity contribution is 5.29. The summed E-state index contributed by atoms with van der Waals surface area (Å²) in [4.78, 5) is 0. The van der Waals surface area contributed by atoms with Crippen molar-refractivity contribution >= 4 is 0 Å². The molecule has 0 heterocycles. The summed E-state index contributed by atoms with van der Waals surface area (Å²) in [7, 11) is 0. The van der Waals surface area contributed by atoms with Crippen molar-refractivity contribution in [1.82, 2.24) is 0 Å². The minimum Gasteiger partial charge on any atom is -0.324 e. The van der Waals surface area contributed by atoms with Crippen LogP contribution in [0.2, 0.25) is 0 Å². The van der Waals surface area contributed by atoms with E-state index in [9.17, 15) is 0 Å². The normalized spacial score (nSPS) is 34.2. The second-order valence-electron chi connectivity index (χ2n) is 5.72. The van der Waals surface area contributed by atoms with Crippen molar-refractivity contribution in [3.8, 4) is 0 Å². The van der Waals surface area contributed by atoms with Crippen LogP contribution in [0.1, 0.15) is 42.9 Å². The Kier molecular flexibility index (Phi) is 2.51. The quantitative estimate of drug-likeness (QED) is 0.803. The monoisotopic (exact) mass is 215 g/mol. The third kappa shape index (κ3) is 1.58. The lowest BCUT2D eigenvalue weighted by atomic mass is 9.80. The van der Waals surface area contributed by atoms with E-state index in [1.165, 1.54) is 36.8 Å². The molecule has 0 aliphatic heterocycles. The fourth-order valence-corrected chi connectivity index (χ4v) is 3.93. The average molecular weight is 215 g/mol. The highest BCUT2D eigenvalue weighted by Gasteiger charge is 2.42. The fraction of sp³-hybridized carbons (Fsp3) is 0.600. The molecule has 1 nitrogen and oxygen atoms in total. The third-order valence-corrected chi connectivity index (χ3v) is 4.80. The lowest BCUT2D eigenvalue weighted by molar-refractivity contribution is 0.284. The Labute approximate surface area is 98.0 Å². The van der Waals surface area contributed by atoms with Gasteiger partial charge in [-0.05, 0) is 55.1 Å². The number of rotatable bonds is 2. The van der Waals surface area contributed by atoms with Gasteiger partial charge in [0.15, 0.2) is 0 Å². The summed E-state index contributed by atoms with van der Waals surface area (Å²) in [5.74, 6) is 2.66. The minimum absolute atomic E-state index is 0.275. The van der Waals surface area contributed by atoms with E-state index < -0.39 is 0 Å². The van der Waals surface area contributed by atoms with Crippen molar-refractivity contribution in [1.29, 1.82) is 0 Å². The van der Waals surface area contributed by atoms with Crippen LogP contribution in [0.15, 0.2) is 24.3 Å². The molecule has 1 aromatic carbocycles. The number of hydrogen-bond acceptors (Lipinski definition) is 1. The molecule has 2 bridgehead atoms. The van der Waals surface area contributed by atoms with Crippen LogP contribution in [0.4, 0.5) is 0 Å². The molecule has 2 fully saturated rings. The lowest BCUT2D eigenvalue weighted by Crippen LogP contribution is -2.26. The molecule has 2 aliphatic carbocycles. The number of aryl methyl sites for hydroxylation is 1. The van der Waals surface area contributed by atoms with Crippen LogP contribution in [0.25, 0.3) is 0 Å². The van der Waals surface area contributed by atoms with Crippen molar-refractivity contribution in [3.63, 3.8) is 0 Å². The van der Waals surface area contributed by atoms with Crippen LogP contribution in [-0.4, -0.2) is 0 Å². The summed E-state index contributed by atoms with van der Waals surface area (Å²) in [6.45, 7) is 2.18. The SMILES string of the molecule is Cc1ccccc1C(N)C1CC2CCC1C2. The molecular formula is C15H21N. The maximum atomic E-state index is 6.49. The summed E-state index contributed by atoms with van der Waals surface area (Å²) in [6, 6.07) is 8.90. The molecule has 4 unspecified atom stereocenters. The van der Waals surface area contributed by atoms with Crippen LogP contribution in [0.3, 0.4) is 0 Å². The van der Waals surface area contributed by atoms with Crippen molar-refractivity contribution in [2.75, 3.05) is 0 Å². The molecule has 0 saturated heterocycles. The molecule has 2 N–H and O–H groups in total. The Morgan fingerprint density at radius 1 is 1.19 bits per heavy atom. The van der Waals surface area contributed by atoms with Gasteiger partial charge in [0.05, 0.1) is 0 Å². The minimum atomic E-state index is 0.275. The predicted molar refractivity (Wildman–Crippen MR) is 67.0 cm³/mol. The zero-order valence-electron chi connectivity index (χ0n) is 10.0. The number of nitrogens with two attached hydrogens (primary N) is 1. The Hall–Kier alpha value is -0.820. The second-order valence-corrected chi connectivity index (χ2v) is 5.72. The van der Waals surface area contributed by atoms with E-state index in [-0.39, 0.29) is 6.04 Å². The van der Waals surface area contributed by atoms with Gasteiger partial charge in [-0.15, -0.1) is 0 Å². The van der Waals surface area contributed by atoms with Gasteiger partial charge in [0.1, 0.15) is 0 Å². The van der Waals surface area contributed by atoms with Crippen LogP contribution < -0.4 is 5.73 Å². The van der Waals surface area contributed by atoms with E-state index in [0.717, 1.165) is 17.8 Å². The van der Waals surface area contributed by atoms with Gasteiger partial charge in [-0.25, -0.2) is 0 Å². The summed E-state index contributed by atoms with van der Waals surface area (Å²) in [5.41, 5.74) is 9.22. The van der Waals surface area contributed by atoms with Crippen molar-refractivity contribution in [3.05, 3.63) is 35.4 Å². The fourth-order valence-electron chi connectivity index (χ4n) is 3.93. The van der Waals surface area contributed by atoms with Gasteiger partial charge in [0.2, 0.25) is 0 Å². The van der Waals surface area contributed by atoms with Gasteiger partial charge in [0, 0.05) is 6.04 Å². The molecule has 2 saturated carbocycles. The average Bonchev–Trinajstić information content (AvgIpc) is 2.90. The molecule has 86 valence electrons. The van der Waals surface area contributed by atoms with Crippen LogP contribution in [0.5, 0.6) is 0 Å². The second kappa shape index (κ2) is 3.89. The van der Waals surface area contributed by atoms with Gasteiger partial charge in [0.25, 0.3) is 0 Å². The number of hydrogen-bond donors (Lipinski definition) is 1. The van der Waals surface area contributed by atoms with E-state index in [2.05, 4.69) is 31.2 Å². The highest BCUT2D eigenvalue weighted by Crippen LogP contribution is 2.52. The van der Waals surface area contributed by atoms with E-state index in [0.29, 0.717) is 0 Å². The molecule has 0 amide bonds. The highest BCUT2D eigenvalue weighted by atomic mass is 14.7. The first-order valence-corrected chi connectivity index (χ1v) is 6.57. The third-order valence-electron chi connectivity index (χ3n) is 4.80. The maximum absolute atomic E-state index is 6.49. The van der Waals surface area contributed by atoms with Crippen molar-refractivity contribution in [2.45, 2.75) is 38.6 Å². The van der Waals surface area contributed by atoms with Crippen molar-refractivity contribution in [2.24, 2.45) is 23.5 Å². The van der Waals surface area contributed by atoms with Crippen molar-refractivity contribution < 1.29 is 0 Å². The molecule has 0 aromatic heterocycles. The summed E-state index contributed by atoms with van der Waals surface area (Å²) in [6.07, 6.45) is 5.71. The largest absolute Gasteiger partial charge is 0.324 e. The van der Waals surface area contributed by atoms with Gasteiger partial charge >= 0.3 is 0 Å². The van der Waals surface area contributed by atoms with Gasteiger partial charge in [-0.1, -0.05) is 30.7 Å². The number of benzene rings is 1. The molecule has 2 aliphatic rings. The van der Waals surface area contributed by atoms with E-state index in [1.807, 2.05) is 0 Å². The summed E-state index contributed by atoms with van der Waals surface area (Å²) < 4.78 is 0. The van der Waals surface area contributed by atoms with Gasteiger partial charge in [-0.3, -0.25) is 0 Å². The van der Waals surface area contributed by atoms with Crippen LogP contribution >= 0.6 is 0 Å². The molecule has 4 atom stereocenters. The summed E-state index contributed by atoms with van der Waals surface area (Å²) in [5, 5.41) is 0. The molecule has 1 aromatic rings. The zero-order valence-corrected chi connectivity index (χ0v) is 10.0. The van der Waals surface area contributed by atoms with Crippen LogP contribution in [0, 0.1) is 24.7 Å². The first-order chi connectivity index (χ1) is 7.75.